The molecule has 4 aromatic heterocycles. The van der Waals surface area contributed by atoms with E-state index >= 15 is 0 Å². The molecule has 250 valence electrons. The molecule has 4 heteroatoms. The predicted molar refractivity (Wildman–Crippen MR) is 226 cm³/mol. The summed E-state index contributed by atoms with van der Waals surface area (Å²) in [7, 11) is 0. The van der Waals surface area contributed by atoms with Crippen LogP contribution in [-0.2, 0) is 0 Å². The van der Waals surface area contributed by atoms with Gasteiger partial charge in [-0.2, -0.15) is 0 Å². The third-order valence-corrected chi connectivity index (χ3v) is 11.4. The molecule has 11 aromatic rings. The van der Waals surface area contributed by atoms with E-state index in [-0.39, 0.29) is 0 Å². The van der Waals surface area contributed by atoms with Gasteiger partial charge < -0.3 is 4.40 Å². The maximum Gasteiger partial charge on any atom is 0.235 e. The van der Waals surface area contributed by atoms with Crippen molar-refractivity contribution >= 4 is 87.1 Å². The molecule has 1 aliphatic rings. The van der Waals surface area contributed by atoms with Gasteiger partial charge in [-0.15, -0.1) is 5.73 Å². The molecular weight excluding hydrogens is 657 g/mol. The Morgan fingerprint density at radius 2 is 1.26 bits per heavy atom. The quantitative estimate of drug-likeness (QED) is 0.137. The molecule has 54 heavy (non-hydrogen) atoms. The van der Waals surface area contributed by atoms with Crippen LogP contribution < -0.4 is 0 Å². The van der Waals surface area contributed by atoms with E-state index in [2.05, 4.69) is 167 Å². The lowest BCUT2D eigenvalue weighted by atomic mass is 9.96. The minimum atomic E-state index is 0.624. The van der Waals surface area contributed by atoms with Gasteiger partial charge in [-0.25, -0.2) is 9.97 Å². The smallest absolute Gasteiger partial charge is 0.235 e. The van der Waals surface area contributed by atoms with Gasteiger partial charge in [0.05, 0.1) is 38.8 Å². The summed E-state index contributed by atoms with van der Waals surface area (Å²) in [4.78, 5) is 10.9. The van der Waals surface area contributed by atoms with Crippen LogP contribution in [0.25, 0.3) is 104 Å². The first-order valence-electron chi connectivity index (χ1n) is 18.4. The Morgan fingerprint density at radius 3 is 2.13 bits per heavy atom. The maximum atomic E-state index is 5.52. The van der Waals surface area contributed by atoms with Crippen LogP contribution in [0, 0.1) is 0 Å². The summed E-state index contributed by atoms with van der Waals surface area (Å²) in [5.41, 5.74) is 15.3. The Kier molecular flexibility index (Phi) is 5.91. The zero-order valence-corrected chi connectivity index (χ0v) is 29.2. The molecule has 0 atom stereocenters. The summed E-state index contributed by atoms with van der Waals surface area (Å²) in [6, 6.07) is 50.4. The number of nitrogens with zero attached hydrogens (tertiary/aromatic N) is 4. The molecule has 7 aromatic carbocycles. The molecule has 0 spiro atoms. The number of hydrogen-bond donors (Lipinski definition) is 0. The van der Waals surface area contributed by atoms with Crippen molar-refractivity contribution in [3.05, 3.63) is 181 Å². The van der Waals surface area contributed by atoms with Crippen molar-refractivity contribution in [2.45, 2.75) is 6.42 Å². The number of aromatic nitrogens is 4. The van der Waals surface area contributed by atoms with Gasteiger partial charge in [-0.3, -0.25) is 4.57 Å². The topological polar surface area (TPSA) is 35.1 Å². The second-order valence-electron chi connectivity index (χ2n) is 14.3. The molecule has 1 aliphatic carbocycles. The third kappa shape index (κ3) is 3.92. The number of fused-ring (bicyclic) bond motifs is 12. The molecular formula is C50H30N4. The molecule has 0 N–H and O–H groups in total. The van der Waals surface area contributed by atoms with Gasteiger partial charge in [-0.05, 0) is 64.7 Å². The summed E-state index contributed by atoms with van der Waals surface area (Å²) in [5, 5.41) is 10.7. The zero-order chi connectivity index (χ0) is 35.5. The minimum absolute atomic E-state index is 0.624. The highest BCUT2D eigenvalue weighted by Gasteiger charge is 2.23. The predicted octanol–water partition coefficient (Wildman–Crippen LogP) is 12.8. The maximum absolute atomic E-state index is 5.52. The summed E-state index contributed by atoms with van der Waals surface area (Å²) in [6.45, 7) is 4.50. The fourth-order valence-electron chi connectivity index (χ4n) is 9.08. The fourth-order valence-corrected chi connectivity index (χ4v) is 9.08. The molecule has 12 rings (SSSR count). The molecule has 0 saturated carbocycles. The fraction of sp³-hybridized carbons (Fsp3) is 0.0200. The van der Waals surface area contributed by atoms with Gasteiger partial charge in [0, 0.05) is 48.8 Å². The van der Waals surface area contributed by atoms with Gasteiger partial charge in [0.2, 0.25) is 5.95 Å². The number of rotatable bonds is 3. The third-order valence-electron chi connectivity index (χ3n) is 11.4. The van der Waals surface area contributed by atoms with E-state index in [1.165, 1.54) is 38.1 Å². The van der Waals surface area contributed by atoms with Gasteiger partial charge >= 0.3 is 0 Å². The second-order valence-corrected chi connectivity index (χ2v) is 14.3. The van der Waals surface area contributed by atoms with Crippen LogP contribution in [0.1, 0.15) is 12.1 Å². The van der Waals surface area contributed by atoms with Crippen molar-refractivity contribution < 1.29 is 0 Å². The van der Waals surface area contributed by atoms with E-state index in [1.54, 1.807) is 0 Å². The van der Waals surface area contributed by atoms with Crippen molar-refractivity contribution in [3.8, 4) is 17.1 Å². The highest BCUT2D eigenvalue weighted by Crippen LogP contribution is 2.43. The zero-order valence-electron chi connectivity index (χ0n) is 29.2. The lowest BCUT2D eigenvalue weighted by Crippen LogP contribution is -2.06. The highest BCUT2D eigenvalue weighted by atomic mass is 15.2. The Morgan fingerprint density at radius 1 is 0.574 bits per heavy atom. The van der Waals surface area contributed by atoms with Crippen LogP contribution >= 0.6 is 0 Å². The average molecular weight is 687 g/mol. The molecule has 4 nitrogen and oxygen atoms in total. The van der Waals surface area contributed by atoms with Gasteiger partial charge in [0.1, 0.15) is 0 Å². The van der Waals surface area contributed by atoms with E-state index in [0.29, 0.717) is 5.95 Å². The summed E-state index contributed by atoms with van der Waals surface area (Å²) < 4.78 is 4.70. The van der Waals surface area contributed by atoms with E-state index in [0.717, 1.165) is 77.9 Å². The normalized spacial score (nSPS) is 13.6. The van der Waals surface area contributed by atoms with Gasteiger partial charge in [0.25, 0.3) is 0 Å². The van der Waals surface area contributed by atoms with Crippen LogP contribution in [-0.4, -0.2) is 18.9 Å². The first kappa shape index (κ1) is 29.3. The molecule has 0 radical (unpaired) electrons. The lowest BCUT2D eigenvalue weighted by Gasteiger charge is -2.16. The van der Waals surface area contributed by atoms with Crippen LogP contribution in [0.2, 0.25) is 0 Å². The molecule has 0 amide bonds. The Bertz CT molecular complexity index is 3530. The molecule has 0 aliphatic heterocycles. The molecule has 0 saturated heterocycles. The minimum Gasteiger partial charge on any atom is -0.308 e. The number of para-hydroxylation sites is 4. The molecule has 4 heterocycles. The monoisotopic (exact) mass is 686 g/mol. The van der Waals surface area contributed by atoms with Crippen LogP contribution in [0.3, 0.4) is 0 Å². The van der Waals surface area contributed by atoms with Crippen molar-refractivity contribution in [2.75, 3.05) is 0 Å². The average Bonchev–Trinajstić information content (AvgIpc) is 3.80. The molecule has 0 bridgehead atoms. The Balaban J connectivity index is 1.18. The number of hydrogen-bond acceptors (Lipinski definition) is 2. The number of benzene rings is 7. The molecule has 0 unspecified atom stereocenters. The number of allylic oxidation sites excluding steroid dienone is 4. The van der Waals surface area contributed by atoms with E-state index in [4.69, 9.17) is 9.97 Å². The summed E-state index contributed by atoms with van der Waals surface area (Å²) >= 11 is 0. The summed E-state index contributed by atoms with van der Waals surface area (Å²) in [5.74, 6) is 0.624. The van der Waals surface area contributed by atoms with Crippen LogP contribution in [0.5, 0.6) is 0 Å². The lowest BCUT2D eigenvalue weighted by molar-refractivity contribution is 1.00. The van der Waals surface area contributed by atoms with Crippen molar-refractivity contribution in [1.29, 1.82) is 0 Å². The van der Waals surface area contributed by atoms with E-state index in [1.807, 2.05) is 12.2 Å². The SMILES string of the molecule is C=C1CC=CC=C=C1c1nc(-n2c3ccccc3c3cccc(-c4ccc5c(c4)c4cccc6c7ccccc7n5c64)c32)nc2ccc3ccccc3c12. The largest absolute Gasteiger partial charge is 0.308 e. The standard InChI is InChI=1S/C50H30N4/c1-30-13-3-2-4-15-33(30)47-46-34-16-6-5-14-31(34)25-27-42(46)51-50(52-47)54-44-24-10-8-18-37(44)38-20-11-19-35(48(38)54)32-26-28-45-41(29-32)40-22-12-21-39-36-17-7-9-23-43(36)53(45)49(39)40/h2-12,14,16-29H,1,13H2. The van der Waals surface area contributed by atoms with E-state index < -0.39 is 0 Å². The van der Waals surface area contributed by atoms with Crippen molar-refractivity contribution in [3.63, 3.8) is 0 Å². The first-order valence-corrected chi connectivity index (χ1v) is 18.4. The molecule has 0 fully saturated rings. The van der Waals surface area contributed by atoms with Crippen LogP contribution in [0.15, 0.2) is 176 Å². The highest BCUT2D eigenvalue weighted by molar-refractivity contribution is 6.24. The first-order chi connectivity index (χ1) is 26.7. The van der Waals surface area contributed by atoms with Crippen LogP contribution in [0.4, 0.5) is 0 Å². The van der Waals surface area contributed by atoms with Gasteiger partial charge in [0.15, 0.2) is 0 Å². The van der Waals surface area contributed by atoms with Crippen molar-refractivity contribution in [1.82, 2.24) is 18.9 Å². The second kappa shape index (κ2) is 10.9. The van der Waals surface area contributed by atoms with Gasteiger partial charge in [-0.1, -0.05) is 128 Å². The summed E-state index contributed by atoms with van der Waals surface area (Å²) in [6.07, 6.45) is 6.87. The van der Waals surface area contributed by atoms with Crippen molar-refractivity contribution in [2.24, 2.45) is 0 Å². The Labute approximate surface area is 309 Å². The Hall–Kier alpha value is -7.26. The van der Waals surface area contributed by atoms with E-state index in [9.17, 15) is 0 Å².